The number of ether oxygens (including phenoxy) is 1. The van der Waals surface area contributed by atoms with Gasteiger partial charge in [-0.05, 0) is 42.7 Å². The quantitative estimate of drug-likeness (QED) is 0.322. The van der Waals surface area contributed by atoms with Crippen LogP contribution in [0.3, 0.4) is 0 Å². The van der Waals surface area contributed by atoms with Gasteiger partial charge in [-0.1, -0.05) is 78.5 Å². The second kappa shape index (κ2) is 10.6. The van der Waals surface area contributed by atoms with Crippen molar-refractivity contribution >= 4 is 17.7 Å². The third-order valence-electron chi connectivity index (χ3n) is 5.46. The molecule has 0 bridgehead atoms. The summed E-state index contributed by atoms with van der Waals surface area (Å²) in [6.07, 6.45) is 0. The number of hydrogen-bond acceptors (Lipinski definition) is 5. The summed E-state index contributed by atoms with van der Waals surface area (Å²) in [5.41, 5.74) is 3.98. The third-order valence-corrected chi connectivity index (χ3v) is 6.64. The van der Waals surface area contributed by atoms with E-state index >= 15 is 0 Å². The number of rotatable bonds is 8. The summed E-state index contributed by atoms with van der Waals surface area (Å²) < 4.78 is 8.17. The lowest BCUT2D eigenvalue weighted by Crippen LogP contribution is -2.27. The minimum atomic E-state index is -0.449. The Hall–Kier alpha value is -3.58. The Morgan fingerprint density at radius 2 is 1.53 bits per heavy atom. The van der Waals surface area contributed by atoms with E-state index in [0.717, 1.165) is 28.1 Å². The molecular formula is C27H28N4O2S. The minimum absolute atomic E-state index is 0.00727. The summed E-state index contributed by atoms with van der Waals surface area (Å²) in [6, 6.07) is 25.8. The first kappa shape index (κ1) is 23.6. The van der Waals surface area contributed by atoms with Gasteiger partial charge in [0, 0.05) is 19.8 Å². The fourth-order valence-corrected chi connectivity index (χ4v) is 4.92. The number of carbonyl (C=O) groups is 1. The van der Waals surface area contributed by atoms with Gasteiger partial charge < -0.3 is 9.64 Å². The van der Waals surface area contributed by atoms with E-state index in [0.29, 0.717) is 11.0 Å². The molecule has 1 amide bonds. The van der Waals surface area contributed by atoms with Crippen molar-refractivity contribution in [2.75, 3.05) is 14.1 Å². The summed E-state index contributed by atoms with van der Waals surface area (Å²) in [7, 11) is 3.54. The molecule has 7 heteroatoms. The van der Waals surface area contributed by atoms with E-state index in [1.165, 1.54) is 11.8 Å². The van der Waals surface area contributed by atoms with Gasteiger partial charge in [0.15, 0.2) is 11.0 Å². The average Bonchev–Trinajstić information content (AvgIpc) is 3.25. The third kappa shape index (κ3) is 5.15. The van der Waals surface area contributed by atoms with E-state index in [1.54, 1.807) is 19.0 Å². The highest BCUT2D eigenvalue weighted by Gasteiger charge is 2.27. The van der Waals surface area contributed by atoms with Gasteiger partial charge in [0.25, 0.3) is 0 Å². The maximum atomic E-state index is 13.1. The number of para-hydroxylation sites is 2. The molecule has 0 saturated carbocycles. The predicted molar refractivity (Wildman–Crippen MR) is 135 cm³/mol. The van der Waals surface area contributed by atoms with Crippen LogP contribution in [0.25, 0.3) is 5.69 Å². The van der Waals surface area contributed by atoms with Crippen molar-refractivity contribution in [2.24, 2.45) is 0 Å². The number of aryl methyl sites for hydroxylation is 2. The molecule has 0 fully saturated rings. The minimum Gasteiger partial charge on any atom is -0.485 e. The van der Waals surface area contributed by atoms with Crippen molar-refractivity contribution in [3.05, 3.63) is 101 Å². The number of nitrogens with zero attached hydrogens (tertiary/aromatic N) is 4. The van der Waals surface area contributed by atoms with Gasteiger partial charge in [-0.15, -0.1) is 10.2 Å². The Morgan fingerprint density at radius 3 is 2.15 bits per heavy atom. The van der Waals surface area contributed by atoms with Gasteiger partial charge in [-0.3, -0.25) is 9.36 Å². The Bertz CT molecular complexity index is 1240. The smallest absolute Gasteiger partial charge is 0.240 e. The summed E-state index contributed by atoms with van der Waals surface area (Å²) in [4.78, 5) is 14.7. The maximum absolute atomic E-state index is 13.1. The molecule has 0 aliphatic carbocycles. The number of benzene rings is 3. The van der Waals surface area contributed by atoms with Gasteiger partial charge in [0.05, 0.1) is 0 Å². The molecule has 0 unspecified atom stereocenters. The van der Waals surface area contributed by atoms with Crippen LogP contribution < -0.4 is 4.74 Å². The molecule has 4 aromatic rings. The number of likely N-dealkylation sites (N-methyl/N-ethyl adjacent to an activating group) is 1. The molecule has 0 saturated heterocycles. The standard InChI is InChI=1S/C27H28N4O2S/c1-19-12-11-13-20(2)24(19)33-18-23-28-29-27(31(23)22-16-9-6-10-17-22)34-25(26(32)30(3)4)21-14-7-5-8-15-21/h5-17,25H,18H2,1-4H3/t25-/m1/s1. The predicted octanol–water partition coefficient (Wildman–Crippen LogP) is 5.38. The van der Waals surface area contributed by atoms with Gasteiger partial charge >= 0.3 is 0 Å². The van der Waals surface area contributed by atoms with Crippen LogP contribution >= 0.6 is 11.8 Å². The highest BCUT2D eigenvalue weighted by atomic mass is 32.2. The normalized spacial score (nSPS) is 11.8. The molecule has 1 heterocycles. The fourth-order valence-electron chi connectivity index (χ4n) is 3.70. The van der Waals surface area contributed by atoms with Crippen molar-refractivity contribution in [1.29, 1.82) is 0 Å². The molecule has 3 aromatic carbocycles. The highest BCUT2D eigenvalue weighted by Crippen LogP contribution is 2.37. The summed E-state index contributed by atoms with van der Waals surface area (Å²) >= 11 is 1.39. The summed E-state index contributed by atoms with van der Waals surface area (Å²) in [6.45, 7) is 4.32. The topological polar surface area (TPSA) is 60.3 Å². The monoisotopic (exact) mass is 472 g/mol. The van der Waals surface area contributed by atoms with E-state index < -0.39 is 5.25 Å². The number of aromatic nitrogens is 3. The zero-order valence-corrected chi connectivity index (χ0v) is 20.6. The van der Waals surface area contributed by atoms with Crippen LogP contribution in [0.2, 0.25) is 0 Å². The number of thioether (sulfide) groups is 1. The van der Waals surface area contributed by atoms with Crippen LogP contribution in [0, 0.1) is 13.8 Å². The molecule has 0 aliphatic heterocycles. The van der Waals surface area contributed by atoms with Crippen molar-refractivity contribution < 1.29 is 9.53 Å². The first-order valence-corrected chi connectivity index (χ1v) is 11.9. The Balaban J connectivity index is 1.71. The summed E-state index contributed by atoms with van der Waals surface area (Å²) in [5, 5.41) is 9.13. The van der Waals surface area contributed by atoms with Crippen molar-refractivity contribution in [2.45, 2.75) is 30.9 Å². The lowest BCUT2D eigenvalue weighted by molar-refractivity contribution is -0.128. The zero-order valence-electron chi connectivity index (χ0n) is 19.8. The van der Waals surface area contributed by atoms with E-state index in [9.17, 15) is 4.79 Å². The SMILES string of the molecule is Cc1cccc(C)c1OCc1nnc(S[C@@H](C(=O)N(C)C)c2ccccc2)n1-c1ccccc1. The van der Waals surface area contributed by atoms with Gasteiger partial charge in [-0.25, -0.2) is 0 Å². The van der Waals surface area contributed by atoms with Crippen molar-refractivity contribution in [3.8, 4) is 11.4 Å². The molecule has 4 rings (SSSR count). The second-order valence-electron chi connectivity index (χ2n) is 8.22. The first-order valence-electron chi connectivity index (χ1n) is 11.1. The average molecular weight is 473 g/mol. The van der Waals surface area contributed by atoms with Crippen LogP contribution in [0.5, 0.6) is 5.75 Å². The molecule has 1 atom stereocenters. The summed E-state index contributed by atoms with van der Waals surface area (Å²) in [5.74, 6) is 1.51. The molecule has 0 spiro atoms. The van der Waals surface area contributed by atoms with Crippen molar-refractivity contribution in [3.63, 3.8) is 0 Å². The van der Waals surface area contributed by atoms with Gasteiger partial charge in [-0.2, -0.15) is 0 Å². The van der Waals surface area contributed by atoms with Gasteiger partial charge in [0.1, 0.15) is 17.6 Å². The van der Waals surface area contributed by atoms with E-state index in [1.807, 2.05) is 97.3 Å². The molecular weight excluding hydrogens is 444 g/mol. The molecule has 0 radical (unpaired) electrons. The molecule has 0 N–H and O–H groups in total. The molecule has 0 aliphatic rings. The Kier molecular flexibility index (Phi) is 7.33. The molecule has 6 nitrogen and oxygen atoms in total. The van der Waals surface area contributed by atoms with Crippen LogP contribution in [-0.2, 0) is 11.4 Å². The van der Waals surface area contributed by atoms with E-state index in [2.05, 4.69) is 10.2 Å². The number of hydrogen-bond donors (Lipinski definition) is 0. The molecule has 174 valence electrons. The maximum Gasteiger partial charge on any atom is 0.240 e. The van der Waals surface area contributed by atoms with Crippen molar-refractivity contribution in [1.82, 2.24) is 19.7 Å². The van der Waals surface area contributed by atoms with E-state index in [4.69, 9.17) is 4.74 Å². The number of carbonyl (C=O) groups excluding carboxylic acids is 1. The lowest BCUT2D eigenvalue weighted by Gasteiger charge is -2.20. The second-order valence-corrected chi connectivity index (χ2v) is 9.29. The van der Waals surface area contributed by atoms with Crippen LogP contribution in [-0.4, -0.2) is 39.7 Å². The molecule has 1 aromatic heterocycles. The zero-order chi connectivity index (χ0) is 24.1. The van der Waals surface area contributed by atoms with Crippen LogP contribution in [0.4, 0.5) is 0 Å². The van der Waals surface area contributed by atoms with E-state index in [-0.39, 0.29) is 12.5 Å². The highest BCUT2D eigenvalue weighted by molar-refractivity contribution is 8.00. The lowest BCUT2D eigenvalue weighted by atomic mass is 10.1. The van der Waals surface area contributed by atoms with Crippen LogP contribution in [0.1, 0.15) is 27.8 Å². The Morgan fingerprint density at radius 1 is 0.912 bits per heavy atom. The largest absolute Gasteiger partial charge is 0.485 e. The number of amides is 1. The van der Waals surface area contributed by atoms with Crippen LogP contribution in [0.15, 0.2) is 84.0 Å². The molecule has 34 heavy (non-hydrogen) atoms. The first-order chi connectivity index (χ1) is 16.5. The van der Waals surface area contributed by atoms with Gasteiger partial charge in [0.2, 0.25) is 5.91 Å². The Labute approximate surface area is 204 Å². The fraction of sp³-hybridized carbons (Fsp3) is 0.222.